The molecule has 0 aliphatic heterocycles. The van der Waals surface area contributed by atoms with E-state index in [1.54, 1.807) is 6.92 Å². The van der Waals surface area contributed by atoms with Crippen LogP contribution in [0, 0.1) is 13.8 Å². The lowest BCUT2D eigenvalue weighted by atomic mass is 10.2. The van der Waals surface area contributed by atoms with Gasteiger partial charge in [0.25, 0.3) is 0 Å². The number of thioether (sulfide) groups is 1. The molecule has 7 nitrogen and oxygen atoms in total. The average Bonchev–Trinajstić information content (AvgIpc) is 3.30. The van der Waals surface area contributed by atoms with Crippen molar-refractivity contribution in [3.8, 4) is 5.69 Å². The maximum atomic E-state index is 12.2. The summed E-state index contributed by atoms with van der Waals surface area (Å²) in [5.74, 6) is 0.393. The number of urea groups is 1. The number of carbonyl (C=O) groups excluding carboxylic acids is 2. The summed E-state index contributed by atoms with van der Waals surface area (Å²) in [7, 11) is 0. The van der Waals surface area contributed by atoms with Crippen molar-refractivity contribution in [2.24, 2.45) is 0 Å². The summed E-state index contributed by atoms with van der Waals surface area (Å²) in [4.78, 5) is 23.9. The molecular weight excluding hydrogens is 338 g/mol. The molecule has 0 saturated heterocycles. The van der Waals surface area contributed by atoms with Gasteiger partial charge in [0.2, 0.25) is 5.91 Å². The van der Waals surface area contributed by atoms with Crippen LogP contribution < -0.4 is 10.6 Å². The van der Waals surface area contributed by atoms with E-state index in [1.807, 2.05) is 42.7 Å². The lowest BCUT2D eigenvalue weighted by molar-refractivity contribution is -0.119. The Morgan fingerprint density at radius 2 is 1.88 bits per heavy atom. The number of nitrogens with one attached hydrogen (secondary N) is 2. The van der Waals surface area contributed by atoms with Gasteiger partial charge in [0.15, 0.2) is 5.16 Å². The number of carbonyl (C=O) groups is 2. The first-order chi connectivity index (χ1) is 11.9. The van der Waals surface area contributed by atoms with E-state index in [-0.39, 0.29) is 11.9 Å². The van der Waals surface area contributed by atoms with Gasteiger partial charge in [-0.25, -0.2) is 4.79 Å². The van der Waals surface area contributed by atoms with Crippen LogP contribution in [0.15, 0.2) is 29.4 Å². The van der Waals surface area contributed by atoms with Crippen molar-refractivity contribution >= 4 is 23.7 Å². The lowest BCUT2D eigenvalue weighted by Gasteiger charge is -2.13. The number of amides is 3. The molecule has 2 aromatic rings. The third kappa shape index (κ3) is 4.39. The molecule has 1 atom stereocenters. The monoisotopic (exact) mass is 359 g/mol. The molecule has 3 rings (SSSR count). The maximum Gasteiger partial charge on any atom is 0.321 e. The van der Waals surface area contributed by atoms with Crippen molar-refractivity contribution in [3.63, 3.8) is 0 Å². The van der Waals surface area contributed by atoms with E-state index in [9.17, 15) is 9.59 Å². The predicted molar refractivity (Wildman–Crippen MR) is 95.8 cm³/mol. The van der Waals surface area contributed by atoms with E-state index < -0.39 is 11.3 Å². The highest BCUT2D eigenvalue weighted by Gasteiger charge is 2.26. The largest absolute Gasteiger partial charge is 0.335 e. The highest BCUT2D eigenvalue weighted by Crippen LogP contribution is 2.26. The van der Waals surface area contributed by atoms with Gasteiger partial charge in [0, 0.05) is 11.7 Å². The Bertz CT molecular complexity index is 783. The second kappa shape index (κ2) is 7.26. The van der Waals surface area contributed by atoms with Crippen LogP contribution in [-0.4, -0.2) is 38.0 Å². The van der Waals surface area contributed by atoms with E-state index in [0.717, 1.165) is 29.9 Å². The van der Waals surface area contributed by atoms with Crippen molar-refractivity contribution < 1.29 is 9.59 Å². The molecule has 1 aliphatic carbocycles. The number of benzene rings is 1. The molecule has 1 aromatic heterocycles. The minimum Gasteiger partial charge on any atom is -0.335 e. The number of nitrogens with zero attached hydrogens (tertiary/aromatic N) is 3. The summed E-state index contributed by atoms with van der Waals surface area (Å²) in [5, 5.41) is 13.5. The Balaban J connectivity index is 1.68. The Hall–Kier alpha value is -2.35. The van der Waals surface area contributed by atoms with E-state index in [2.05, 4.69) is 20.8 Å². The first kappa shape index (κ1) is 17.5. The van der Waals surface area contributed by atoms with Crippen molar-refractivity contribution in [1.82, 2.24) is 25.4 Å². The van der Waals surface area contributed by atoms with Gasteiger partial charge in [-0.2, -0.15) is 0 Å². The van der Waals surface area contributed by atoms with Crippen LogP contribution in [0.4, 0.5) is 4.79 Å². The number of imide groups is 1. The summed E-state index contributed by atoms with van der Waals surface area (Å²) in [5.41, 5.74) is 2.10. The van der Waals surface area contributed by atoms with Crippen LogP contribution in [0.1, 0.15) is 31.2 Å². The number of rotatable bonds is 5. The number of aromatic nitrogens is 3. The molecule has 1 fully saturated rings. The molecule has 1 heterocycles. The Morgan fingerprint density at radius 1 is 1.20 bits per heavy atom. The summed E-state index contributed by atoms with van der Waals surface area (Å²) in [6.07, 6.45) is 1.95. The topological polar surface area (TPSA) is 88.9 Å². The maximum absolute atomic E-state index is 12.2. The number of hydrogen-bond acceptors (Lipinski definition) is 5. The molecule has 2 N–H and O–H groups in total. The fourth-order valence-corrected chi connectivity index (χ4v) is 3.20. The standard InChI is InChI=1S/C17H21N5O2S/c1-10-4-8-14(9-5-10)22-12(3)20-21-17(22)25-11(2)15(23)19-16(24)18-13-6-7-13/h4-5,8-9,11,13H,6-7H2,1-3H3,(H2,18,19,23,24)/t11-/m0/s1. The van der Waals surface area contributed by atoms with E-state index in [0.29, 0.717) is 5.16 Å². The molecule has 25 heavy (non-hydrogen) atoms. The minimum absolute atomic E-state index is 0.211. The first-order valence-electron chi connectivity index (χ1n) is 8.21. The zero-order chi connectivity index (χ0) is 18.0. The molecule has 1 aliphatic rings. The normalized spacial score (nSPS) is 14.8. The molecule has 0 bridgehead atoms. The van der Waals surface area contributed by atoms with E-state index in [1.165, 1.54) is 11.8 Å². The highest BCUT2D eigenvalue weighted by atomic mass is 32.2. The summed E-state index contributed by atoms with van der Waals surface area (Å²) in [6, 6.07) is 7.79. The van der Waals surface area contributed by atoms with Crippen LogP contribution in [0.25, 0.3) is 5.69 Å². The summed E-state index contributed by atoms with van der Waals surface area (Å²) in [6.45, 7) is 5.64. The Kier molecular flexibility index (Phi) is 5.08. The molecular formula is C17H21N5O2S. The minimum atomic E-state index is -0.474. The second-order valence-corrected chi connectivity index (χ2v) is 7.51. The predicted octanol–water partition coefficient (Wildman–Crippen LogP) is 2.35. The quantitative estimate of drug-likeness (QED) is 0.800. The van der Waals surface area contributed by atoms with E-state index >= 15 is 0 Å². The molecule has 0 radical (unpaired) electrons. The number of hydrogen-bond donors (Lipinski definition) is 2. The first-order valence-corrected chi connectivity index (χ1v) is 9.09. The third-order valence-corrected chi connectivity index (χ3v) is 4.93. The van der Waals surface area contributed by atoms with Crippen LogP contribution >= 0.6 is 11.8 Å². The van der Waals surface area contributed by atoms with Gasteiger partial charge in [-0.3, -0.25) is 14.7 Å². The van der Waals surface area contributed by atoms with Gasteiger partial charge in [0.05, 0.1) is 5.25 Å². The molecule has 0 spiro atoms. The van der Waals surface area contributed by atoms with Crippen LogP contribution in [0.5, 0.6) is 0 Å². The Morgan fingerprint density at radius 3 is 2.52 bits per heavy atom. The molecule has 8 heteroatoms. The SMILES string of the molecule is Cc1ccc(-n2c(C)nnc2S[C@@H](C)C(=O)NC(=O)NC2CC2)cc1. The van der Waals surface area contributed by atoms with Gasteiger partial charge in [-0.05, 0) is 45.7 Å². The van der Waals surface area contributed by atoms with Gasteiger partial charge < -0.3 is 5.32 Å². The van der Waals surface area contributed by atoms with Gasteiger partial charge in [-0.15, -0.1) is 10.2 Å². The van der Waals surface area contributed by atoms with Crippen molar-refractivity contribution in [3.05, 3.63) is 35.7 Å². The lowest BCUT2D eigenvalue weighted by Crippen LogP contribution is -2.43. The second-order valence-electron chi connectivity index (χ2n) is 6.20. The highest BCUT2D eigenvalue weighted by molar-refractivity contribution is 8.00. The molecule has 0 unspecified atom stereocenters. The van der Waals surface area contributed by atoms with Crippen LogP contribution in [0.3, 0.4) is 0 Å². The fraction of sp³-hybridized carbons (Fsp3) is 0.412. The van der Waals surface area contributed by atoms with Crippen LogP contribution in [0.2, 0.25) is 0 Å². The van der Waals surface area contributed by atoms with Crippen molar-refractivity contribution in [2.45, 2.75) is 50.1 Å². The van der Waals surface area contributed by atoms with Gasteiger partial charge in [-0.1, -0.05) is 29.5 Å². The molecule has 3 amide bonds. The fourth-order valence-electron chi connectivity index (χ4n) is 2.28. The smallest absolute Gasteiger partial charge is 0.321 e. The van der Waals surface area contributed by atoms with E-state index in [4.69, 9.17) is 0 Å². The summed E-state index contributed by atoms with van der Waals surface area (Å²) < 4.78 is 1.90. The summed E-state index contributed by atoms with van der Waals surface area (Å²) >= 11 is 1.27. The Labute approximate surface area is 150 Å². The van der Waals surface area contributed by atoms with Crippen molar-refractivity contribution in [2.75, 3.05) is 0 Å². The molecule has 132 valence electrons. The van der Waals surface area contributed by atoms with Crippen molar-refractivity contribution in [1.29, 1.82) is 0 Å². The van der Waals surface area contributed by atoms with Gasteiger partial charge >= 0.3 is 6.03 Å². The molecule has 1 saturated carbocycles. The third-order valence-electron chi connectivity index (χ3n) is 3.89. The zero-order valence-corrected chi connectivity index (χ0v) is 15.3. The zero-order valence-electron chi connectivity index (χ0n) is 14.4. The average molecular weight is 359 g/mol. The molecule has 1 aromatic carbocycles. The van der Waals surface area contributed by atoms with Gasteiger partial charge in [0.1, 0.15) is 5.82 Å². The number of aryl methyl sites for hydroxylation is 2. The van der Waals surface area contributed by atoms with Crippen LogP contribution in [-0.2, 0) is 4.79 Å².